The lowest BCUT2D eigenvalue weighted by molar-refractivity contribution is 0.226. The van der Waals surface area contributed by atoms with Crippen LogP contribution in [0.25, 0.3) is 0 Å². The van der Waals surface area contributed by atoms with Crippen LogP contribution in [-0.4, -0.2) is 31.6 Å². The lowest BCUT2D eigenvalue weighted by Crippen LogP contribution is -2.30. The van der Waals surface area contributed by atoms with Gasteiger partial charge in [0, 0.05) is 0 Å². The number of ether oxygens (including phenoxy) is 1. The van der Waals surface area contributed by atoms with Gasteiger partial charge in [-0.3, -0.25) is 0 Å². The third kappa shape index (κ3) is 3.64. The number of nitrogen functional groups attached to an aromatic ring is 1. The number of hydrogen-bond donors (Lipinski definition) is 1. The predicted octanol–water partition coefficient (Wildman–Crippen LogP) is 2.70. The van der Waals surface area contributed by atoms with Gasteiger partial charge < -0.3 is 15.4 Å². The molecule has 1 saturated heterocycles. The highest BCUT2D eigenvalue weighted by atomic mass is 16.5. The Kier molecular flexibility index (Phi) is 4.88. The van der Waals surface area contributed by atoms with E-state index in [4.69, 9.17) is 10.5 Å². The zero-order valence-electron chi connectivity index (χ0n) is 11.3. The van der Waals surface area contributed by atoms with Crippen LogP contribution in [0.5, 0.6) is 5.75 Å². The van der Waals surface area contributed by atoms with Crippen molar-refractivity contribution < 1.29 is 4.74 Å². The van der Waals surface area contributed by atoms with E-state index in [1.54, 1.807) is 7.11 Å². The van der Waals surface area contributed by atoms with Crippen LogP contribution >= 0.6 is 0 Å². The minimum absolute atomic E-state index is 0.720. The van der Waals surface area contributed by atoms with E-state index in [2.05, 4.69) is 17.0 Å². The summed E-state index contributed by atoms with van der Waals surface area (Å²) in [7, 11) is 1.67. The lowest BCUT2D eigenvalue weighted by Gasteiger charge is -2.26. The standard InChI is InChI=1S/C15H24N2O/c1-18-15-12-13(7-8-14(15)16)6-5-11-17-9-3-2-4-10-17/h7-8,12H,2-6,9-11,16H2,1H3. The molecule has 0 unspecified atom stereocenters. The van der Waals surface area contributed by atoms with Crippen molar-refractivity contribution in [2.75, 3.05) is 32.5 Å². The van der Waals surface area contributed by atoms with Crippen LogP contribution in [0, 0.1) is 0 Å². The Morgan fingerprint density at radius 3 is 2.72 bits per heavy atom. The number of piperidine rings is 1. The van der Waals surface area contributed by atoms with Gasteiger partial charge in [-0.15, -0.1) is 0 Å². The van der Waals surface area contributed by atoms with E-state index in [0.717, 1.165) is 17.9 Å². The molecule has 0 saturated carbocycles. The van der Waals surface area contributed by atoms with E-state index in [-0.39, 0.29) is 0 Å². The SMILES string of the molecule is COc1cc(CCCN2CCCCC2)ccc1N. The first kappa shape index (κ1) is 13.2. The second-order valence-electron chi connectivity index (χ2n) is 5.08. The molecule has 2 N–H and O–H groups in total. The molecular weight excluding hydrogens is 224 g/mol. The number of benzene rings is 1. The van der Waals surface area contributed by atoms with Crippen molar-refractivity contribution >= 4 is 5.69 Å². The Hall–Kier alpha value is -1.22. The largest absolute Gasteiger partial charge is 0.495 e. The number of anilines is 1. The first-order valence-electron chi connectivity index (χ1n) is 6.94. The first-order valence-corrected chi connectivity index (χ1v) is 6.94. The molecule has 3 nitrogen and oxygen atoms in total. The van der Waals surface area contributed by atoms with Crippen LogP contribution in [0.1, 0.15) is 31.2 Å². The molecule has 18 heavy (non-hydrogen) atoms. The summed E-state index contributed by atoms with van der Waals surface area (Å²) in [5.74, 6) is 0.797. The van der Waals surface area contributed by atoms with Crippen LogP contribution in [0.2, 0.25) is 0 Å². The smallest absolute Gasteiger partial charge is 0.142 e. The molecule has 0 radical (unpaired) electrons. The lowest BCUT2D eigenvalue weighted by atomic mass is 10.1. The number of aryl methyl sites for hydroxylation is 1. The number of likely N-dealkylation sites (tertiary alicyclic amines) is 1. The van der Waals surface area contributed by atoms with E-state index >= 15 is 0 Å². The average molecular weight is 248 g/mol. The molecule has 1 aromatic carbocycles. The Labute approximate surface area is 110 Å². The Bertz CT molecular complexity index is 373. The van der Waals surface area contributed by atoms with Gasteiger partial charge in [-0.25, -0.2) is 0 Å². The van der Waals surface area contributed by atoms with Crippen molar-refractivity contribution in [2.45, 2.75) is 32.1 Å². The first-order chi connectivity index (χ1) is 8.79. The molecular formula is C15H24N2O. The average Bonchev–Trinajstić information content (AvgIpc) is 2.42. The number of nitrogens with zero attached hydrogens (tertiary/aromatic N) is 1. The molecule has 1 heterocycles. The van der Waals surface area contributed by atoms with Crippen molar-refractivity contribution in [1.82, 2.24) is 4.90 Å². The molecule has 0 amide bonds. The summed E-state index contributed by atoms with van der Waals surface area (Å²) < 4.78 is 5.25. The summed E-state index contributed by atoms with van der Waals surface area (Å²) in [6, 6.07) is 6.11. The van der Waals surface area contributed by atoms with Gasteiger partial charge in [0.1, 0.15) is 5.75 Å². The zero-order chi connectivity index (χ0) is 12.8. The van der Waals surface area contributed by atoms with Gasteiger partial charge >= 0.3 is 0 Å². The minimum Gasteiger partial charge on any atom is -0.495 e. The third-order valence-electron chi connectivity index (χ3n) is 3.69. The Morgan fingerprint density at radius 1 is 1.22 bits per heavy atom. The number of rotatable bonds is 5. The second kappa shape index (κ2) is 6.64. The van der Waals surface area contributed by atoms with Crippen molar-refractivity contribution in [3.8, 4) is 5.75 Å². The summed E-state index contributed by atoms with van der Waals surface area (Å²) in [6.45, 7) is 3.78. The molecule has 3 heteroatoms. The van der Waals surface area contributed by atoms with Crippen LogP contribution in [-0.2, 0) is 6.42 Å². The van der Waals surface area contributed by atoms with Crippen molar-refractivity contribution in [3.63, 3.8) is 0 Å². The molecule has 1 aliphatic rings. The van der Waals surface area contributed by atoms with Gasteiger partial charge in [0.15, 0.2) is 0 Å². The van der Waals surface area contributed by atoms with E-state index in [0.29, 0.717) is 0 Å². The number of hydrogen-bond acceptors (Lipinski definition) is 3. The fourth-order valence-corrected chi connectivity index (χ4v) is 2.60. The van der Waals surface area contributed by atoms with Crippen LogP contribution in [0.3, 0.4) is 0 Å². The van der Waals surface area contributed by atoms with Gasteiger partial charge in [-0.05, 0) is 63.0 Å². The van der Waals surface area contributed by atoms with Crippen molar-refractivity contribution in [1.29, 1.82) is 0 Å². The maximum absolute atomic E-state index is 5.81. The number of methoxy groups -OCH3 is 1. The summed E-state index contributed by atoms with van der Waals surface area (Å²) in [5.41, 5.74) is 7.85. The summed E-state index contributed by atoms with van der Waals surface area (Å²) >= 11 is 0. The van der Waals surface area contributed by atoms with Gasteiger partial charge in [-0.1, -0.05) is 12.5 Å². The summed E-state index contributed by atoms with van der Waals surface area (Å²) in [4.78, 5) is 2.58. The van der Waals surface area contributed by atoms with E-state index in [9.17, 15) is 0 Å². The van der Waals surface area contributed by atoms with Gasteiger partial charge in [0.2, 0.25) is 0 Å². The quantitative estimate of drug-likeness (QED) is 0.814. The minimum atomic E-state index is 0.720. The highest BCUT2D eigenvalue weighted by Gasteiger charge is 2.09. The maximum atomic E-state index is 5.81. The van der Waals surface area contributed by atoms with Crippen molar-refractivity contribution in [2.24, 2.45) is 0 Å². The predicted molar refractivity (Wildman–Crippen MR) is 76.0 cm³/mol. The molecule has 0 atom stereocenters. The Balaban J connectivity index is 1.79. The molecule has 0 bridgehead atoms. The Morgan fingerprint density at radius 2 is 2.00 bits per heavy atom. The van der Waals surface area contributed by atoms with Crippen LogP contribution in [0.4, 0.5) is 5.69 Å². The summed E-state index contributed by atoms with van der Waals surface area (Å²) in [5, 5.41) is 0. The molecule has 0 aromatic heterocycles. The monoisotopic (exact) mass is 248 g/mol. The van der Waals surface area contributed by atoms with E-state index in [1.165, 1.54) is 50.9 Å². The van der Waals surface area contributed by atoms with E-state index < -0.39 is 0 Å². The van der Waals surface area contributed by atoms with E-state index in [1.807, 2.05) is 6.07 Å². The molecule has 1 aromatic rings. The fourth-order valence-electron chi connectivity index (χ4n) is 2.60. The van der Waals surface area contributed by atoms with Gasteiger partial charge in [0.05, 0.1) is 12.8 Å². The second-order valence-corrected chi connectivity index (χ2v) is 5.08. The molecule has 1 fully saturated rings. The van der Waals surface area contributed by atoms with Gasteiger partial charge in [-0.2, -0.15) is 0 Å². The van der Waals surface area contributed by atoms with Gasteiger partial charge in [0.25, 0.3) is 0 Å². The summed E-state index contributed by atoms with van der Waals surface area (Å²) in [6.07, 6.45) is 6.47. The topological polar surface area (TPSA) is 38.5 Å². The maximum Gasteiger partial charge on any atom is 0.142 e. The molecule has 0 aliphatic carbocycles. The van der Waals surface area contributed by atoms with Crippen molar-refractivity contribution in [3.05, 3.63) is 23.8 Å². The third-order valence-corrected chi connectivity index (χ3v) is 3.69. The molecule has 1 aliphatic heterocycles. The fraction of sp³-hybridized carbons (Fsp3) is 0.600. The molecule has 2 rings (SSSR count). The normalized spacial score (nSPS) is 16.7. The highest BCUT2D eigenvalue weighted by molar-refractivity contribution is 5.53. The molecule has 100 valence electrons. The zero-order valence-corrected chi connectivity index (χ0v) is 11.3. The molecule has 0 spiro atoms. The van der Waals surface area contributed by atoms with Crippen LogP contribution < -0.4 is 10.5 Å². The van der Waals surface area contributed by atoms with Crippen LogP contribution in [0.15, 0.2) is 18.2 Å². The highest BCUT2D eigenvalue weighted by Crippen LogP contribution is 2.23. The number of nitrogens with two attached hydrogens (primary N) is 1.